The van der Waals surface area contributed by atoms with Gasteiger partial charge in [0, 0.05) is 9.89 Å². The summed E-state index contributed by atoms with van der Waals surface area (Å²) in [5, 5.41) is 0.746. The Hall–Kier alpha value is -1.36. The molecule has 0 atom stereocenters. The Morgan fingerprint density at radius 3 is 2.43 bits per heavy atom. The lowest BCUT2D eigenvalue weighted by atomic mass is 10.3. The van der Waals surface area contributed by atoms with E-state index in [2.05, 4.69) is 34.3 Å². The number of thiocarbonyl (C=S) groups is 1. The number of nitrogens with zero attached hydrogens (tertiary/aromatic N) is 2. The molecule has 0 fully saturated rings. The average molecular weight is 364 g/mol. The van der Waals surface area contributed by atoms with Crippen LogP contribution in [0.25, 0.3) is 0 Å². The zero-order valence-corrected chi connectivity index (χ0v) is 15.7. The van der Waals surface area contributed by atoms with Crippen molar-refractivity contribution < 1.29 is 4.58 Å². The molecular formula is C18H20ClN2S2+. The van der Waals surface area contributed by atoms with Gasteiger partial charge >= 0.3 is 0 Å². The van der Waals surface area contributed by atoms with Crippen LogP contribution in [0, 0.1) is 0 Å². The maximum absolute atomic E-state index is 5.96. The first-order valence-electron chi connectivity index (χ1n) is 7.43. The van der Waals surface area contributed by atoms with Gasteiger partial charge in [-0.3, -0.25) is 0 Å². The van der Waals surface area contributed by atoms with Crippen LogP contribution in [0.3, 0.4) is 0 Å². The predicted molar refractivity (Wildman–Crippen MR) is 105 cm³/mol. The smallest absolute Gasteiger partial charge is 0.236 e. The molecule has 0 amide bonds. The van der Waals surface area contributed by atoms with Crippen LogP contribution in [-0.2, 0) is 0 Å². The lowest BCUT2D eigenvalue weighted by Crippen LogP contribution is -2.24. The SMILES string of the molecule is CCC(=S)CN(C=[N+](C)c1ccccc1)Sc1ccc(Cl)cc1. The predicted octanol–water partition coefficient (Wildman–Crippen LogP) is 5.43. The van der Waals surface area contributed by atoms with Gasteiger partial charge in [0.05, 0.1) is 23.9 Å². The molecule has 0 saturated carbocycles. The molecular weight excluding hydrogens is 344 g/mol. The summed E-state index contributed by atoms with van der Waals surface area (Å²) >= 11 is 13.0. The van der Waals surface area contributed by atoms with Crippen molar-refractivity contribution in [1.29, 1.82) is 0 Å². The van der Waals surface area contributed by atoms with Gasteiger partial charge in [-0.15, -0.1) is 0 Å². The third-order valence-electron chi connectivity index (χ3n) is 3.23. The lowest BCUT2D eigenvalue weighted by Gasteiger charge is -2.13. The highest BCUT2D eigenvalue weighted by molar-refractivity contribution is 7.97. The number of hydrogen-bond acceptors (Lipinski definition) is 2. The van der Waals surface area contributed by atoms with Crippen LogP contribution in [0.15, 0.2) is 59.5 Å². The van der Waals surface area contributed by atoms with E-state index in [1.165, 1.54) is 0 Å². The molecule has 0 aliphatic heterocycles. The number of hydrogen-bond donors (Lipinski definition) is 0. The molecule has 2 aromatic rings. The summed E-state index contributed by atoms with van der Waals surface area (Å²) in [4.78, 5) is 2.16. The molecule has 0 heterocycles. The van der Waals surface area contributed by atoms with Crippen LogP contribution in [-0.4, -0.2) is 33.7 Å². The van der Waals surface area contributed by atoms with Crippen LogP contribution in [0.2, 0.25) is 5.02 Å². The Labute approximate surface area is 152 Å². The second kappa shape index (κ2) is 9.06. The summed E-state index contributed by atoms with van der Waals surface area (Å²) in [7, 11) is 2.04. The summed E-state index contributed by atoms with van der Waals surface area (Å²) in [6.45, 7) is 2.82. The fourth-order valence-electron chi connectivity index (χ4n) is 1.94. The second-order valence-electron chi connectivity index (χ2n) is 5.07. The van der Waals surface area contributed by atoms with Crippen LogP contribution < -0.4 is 0 Å². The minimum absolute atomic E-state index is 0.732. The van der Waals surface area contributed by atoms with E-state index in [-0.39, 0.29) is 0 Å². The minimum atomic E-state index is 0.732. The molecule has 0 N–H and O–H groups in total. The molecule has 0 radical (unpaired) electrons. The number of benzene rings is 2. The first-order chi connectivity index (χ1) is 11.1. The normalized spacial score (nSPS) is 11.3. The largest absolute Gasteiger partial charge is 0.251 e. The second-order valence-corrected chi connectivity index (χ2v) is 7.21. The summed E-state index contributed by atoms with van der Waals surface area (Å²) < 4.78 is 4.25. The van der Waals surface area contributed by atoms with E-state index >= 15 is 0 Å². The standard InChI is InChI=1S/C18H20ClN2S2/c1-3-17(22)13-21(23-18-11-9-15(19)10-12-18)14-20(2)16-7-5-4-6-8-16/h4-12,14H,3,13H2,1-2H3/q+1. The molecule has 0 saturated heterocycles. The fourth-order valence-corrected chi connectivity index (χ4v) is 3.22. The van der Waals surface area contributed by atoms with E-state index in [4.69, 9.17) is 23.8 Å². The van der Waals surface area contributed by atoms with Gasteiger partial charge in [-0.2, -0.15) is 4.31 Å². The molecule has 2 nitrogen and oxygen atoms in total. The summed E-state index contributed by atoms with van der Waals surface area (Å²) in [6.07, 6.45) is 2.98. The molecule has 2 rings (SSSR count). The van der Waals surface area contributed by atoms with Gasteiger partial charge in [0.15, 0.2) is 0 Å². The molecule has 5 heteroatoms. The van der Waals surface area contributed by atoms with Crippen molar-refractivity contribution in [3.05, 3.63) is 59.6 Å². The van der Waals surface area contributed by atoms with Gasteiger partial charge < -0.3 is 0 Å². The first kappa shape index (κ1) is 18.0. The summed E-state index contributed by atoms with van der Waals surface area (Å²) in [5.74, 6) is 0. The van der Waals surface area contributed by atoms with E-state index < -0.39 is 0 Å². The molecule has 0 unspecified atom stereocenters. The Kier molecular flexibility index (Phi) is 7.09. The van der Waals surface area contributed by atoms with Crippen LogP contribution >= 0.6 is 35.8 Å². The van der Waals surface area contributed by atoms with Crippen LogP contribution in [0.5, 0.6) is 0 Å². The van der Waals surface area contributed by atoms with E-state index in [1.54, 1.807) is 11.9 Å². The quantitative estimate of drug-likeness (QED) is 0.213. The highest BCUT2D eigenvalue weighted by Gasteiger charge is 2.14. The highest BCUT2D eigenvalue weighted by Crippen LogP contribution is 2.23. The molecule has 2 aromatic carbocycles. The Morgan fingerprint density at radius 1 is 1.17 bits per heavy atom. The van der Waals surface area contributed by atoms with Gasteiger partial charge in [-0.1, -0.05) is 48.9 Å². The average Bonchev–Trinajstić information content (AvgIpc) is 2.57. The van der Waals surface area contributed by atoms with Gasteiger partial charge in [0.2, 0.25) is 0 Å². The molecule has 0 spiro atoms. The third-order valence-corrected chi connectivity index (χ3v) is 4.84. The third kappa shape index (κ3) is 5.98. The van der Waals surface area contributed by atoms with E-state index in [0.717, 1.165) is 33.4 Å². The first-order valence-corrected chi connectivity index (χ1v) is 8.99. The molecule has 0 aromatic heterocycles. The Morgan fingerprint density at radius 2 is 1.83 bits per heavy atom. The van der Waals surface area contributed by atoms with Crippen molar-refractivity contribution in [3.8, 4) is 0 Å². The molecule has 120 valence electrons. The van der Waals surface area contributed by atoms with Crippen LogP contribution in [0.1, 0.15) is 13.3 Å². The monoisotopic (exact) mass is 363 g/mol. The zero-order chi connectivity index (χ0) is 16.7. The summed E-state index contributed by atoms with van der Waals surface area (Å²) in [5.41, 5.74) is 1.14. The Bertz CT molecular complexity index is 669. The molecule has 0 bridgehead atoms. The van der Waals surface area contributed by atoms with Gasteiger partial charge in [-0.05, 0) is 42.8 Å². The highest BCUT2D eigenvalue weighted by atomic mass is 35.5. The maximum Gasteiger partial charge on any atom is 0.251 e. The van der Waals surface area contributed by atoms with Crippen LogP contribution in [0.4, 0.5) is 5.69 Å². The van der Waals surface area contributed by atoms with Crippen molar-refractivity contribution in [3.63, 3.8) is 0 Å². The maximum atomic E-state index is 5.96. The van der Waals surface area contributed by atoms with Crippen molar-refractivity contribution >= 4 is 52.7 Å². The lowest BCUT2D eigenvalue weighted by molar-refractivity contribution is -0.403. The molecule has 0 aliphatic carbocycles. The summed E-state index contributed by atoms with van der Waals surface area (Å²) in [6, 6.07) is 18.1. The van der Waals surface area contributed by atoms with Crippen molar-refractivity contribution in [2.45, 2.75) is 18.2 Å². The van der Waals surface area contributed by atoms with E-state index in [1.807, 2.05) is 49.5 Å². The van der Waals surface area contributed by atoms with Gasteiger partial charge in [0.1, 0.15) is 12.2 Å². The van der Waals surface area contributed by atoms with Crippen molar-refractivity contribution in [2.75, 3.05) is 13.6 Å². The Balaban J connectivity index is 2.19. The minimum Gasteiger partial charge on any atom is -0.236 e. The van der Waals surface area contributed by atoms with Crippen molar-refractivity contribution in [2.24, 2.45) is 0 Å². The van der Waals surface area contributed by atoms with Gasteiger partial charge in [0.25, 0.3) is 6.34 Å². The van der Waals surface area contributed by atoms with Crippen molar-refractivity contribution in [1.82, 2.24) is 4.31 Å². The molecule has 0 aliphatic rings. The number of para-hydroxylation sites is 1. The molecule has 23 heavy (non-hydrogen) atoms. The van der Waals surface area contributed by atoms with Gasteiger partial charge in [-0.25, -0.2) is 4.58 Å². The van der Waals surface area contributed by atoms with E-state index in [9.17, 15) is 0 Å². The number of halogens is 1. The zero-order valence-electron chi connectivity index (χ0n) is 13.3. The number of rotatable bonds is 7. The van der Waals surface area contributed by atoms with E-state index in [0.29, 0.717) is 0 Å². The fraction of sp³-hybridized carbons (Fsp3) is 0.222. The topological polar surface area (TPSA) is 6.25 Å².